The van der Waals surface area contributed by atoms with Gasteiger partial charge in [0.1, 0.15) is 5.01 Å². The molecule has 0 aliphatic rings. The van der Waals surface area contributed by atoms with Crippen molar-refractivity contribution in [3.63, 3.8) is 0 Å². The lowest BCUT2D eigenvalue weighted by atomic mass is 9.87. The zero-order valence-corrected chi connectivity index (χ0v) is 13.5. The van der Waals surface area contributed by atoms with Crippen LogP contribution in [0.4, 0.5) is 0 Å². The molecule has 1 N–H and O–H groups in total. The number of carbonyl (C=O) groups is 1. The van der Waals surface area contributed by atoms with E-state index >= 15 is 0 Å². The Labute approximate surface area is 129 Å². The van der Waals surface area contributed by atoms with Crippen LogP contribution < -0.4 is 0 Å². The Morgan fingerprint density at radius 2 is 1.86 bits per heavy atom. The van der Waals surface area contributed by atoms with Crippen molar-refractivity contribution in [3.05, 3.63) is 46.5 Å². The molecule has 0 radical (unpaired) electrons. The smallest absolute Gasteiger partial charge is 0.328 e. The lowest BCUT2D eigenvalue weighted by Gasteiger charge is -2.18. The van der Waals surface area contributed by atoms with Gasteiger partial charge in [0.15, 0.2) is 0 Å². The summed E-state index contributed by atoms with van der Waals surface area (Å²) < 4.78 is 0. The van der Waals surface area contributed by atoms with Gasteiger partial charge in [0.2, 0.25) is 0 Å². The molecule has 0 saturated heterocycles. The van der Waals surface area contributed by atoms with Crippen LogP contribution in [0.3, 0.4) is 0 Å². The van der Waals surface area contributed by atoms with E-state index in [9.17, 15) is 4.79 Å². The van der Waals surface area contributed by atoms with Gasteiger partial charge in [0.25, 0.3) is 0 Å². The van der Waals surface area contributed by atoms with Gasteiger partial charge in [0.05, 0.1) is 10.6 Å². The highest BCUT2D eigenvalue weighted by Gasteiger charge is 2.14. The minimum absolute atomic E-state index is 0.132. The van der Waals surface area contributed by atoms with E-state index in [0.29, 0.717) is 0 Å². The van der Waals surface area contributed by atoms with Crippen LogP contribution in [-0.2, 0) is 10.2 Å². The number of carboxylic acid groups (broad SMARTS) is 1. The molecule has 0 amide bonds. The van der Waals surface area contributed by atoms with Crippen molar-refractivity contribution in [2.45, 2.75) is 33.1 Å². The van der Waals surface area contributed by atoms with E-state index in [0.717, 1.165) is 27.2 Å². The summed E-state index contributed by atoms with van der Waals surface area (Å²) in [5.74, 6) is -0.945. The maximum Gasteiger partial charge on any atom is 0.328 e. The quantitative estimate of drug-likeness (QED) is 0.848. The van der Waals surface area contributed by atoms with Crippen molar-refractivity contribution in [2.75, 3.05) is 0 Å². The van der Waals surface area contributed by atoms with Gasteiger partial charge in [-0.25, -0.2) is 9.78 Å². The van der Waals surface area contributed by atoms with Crippen molar-refractivity contribution < 1.29 is 9.90 Å². The van der Waals surface area contributed by atoms with Crippen LogP contribution in [0.1, 0.15) is 36.9 Å². The molecule has 1 aromatic carbocycles. The molecule has 4 heteroatoms. The number of hydrogen-bond donors (Lipinski definition) is 1. The maximum absolute atomic E-state index is 10.6. The number of carboxylic acids is 1. The van der Waals surface area contributed by atoms with Gasteiger partial charge < -0.3 is 5.11 Å². The predicted molar refractivity (Wildman–Crippen MR) is 87.7 cm³/mol. The van der Waals surface area contributed by atoms with Crippen molar-refractivity contribution in [1.29, 1.82) is 0 Å². The summed E-state index contributed by atoms with van der Waals surface area (Å²) in [6.07, 6.45) is 2.75. The van der Waals surface area contributed by atoms with Crippen molar-refractivity contribution in [3.8, 4) is 10.6 Å². The van der Waals surface area contributed by atoms with E-state index in [1.807, 2.05) is 6.92 Å². The van der Waals surface area contributed by atoms with Crippen LogP contribution in [0, 0.1) is 6.92 Å². The van der Waals surface area contributed by atoms with E-state index in [1.165, 1.54) is 16.9 Å². The monoisotopic (exact) mass is 301 g/mol. The summed E-state index contributed by atoms with van der Waals surface area (Å²) in [5, 5.41) is 9.61. The van der Waals surface area contributed by atoms with Crippen LogP contribution in [0.5, 0.6) is 0 Å². The molecule has 0 spiro atoms. The Balaban J connectivity index is 2.31. The Morgan fingerprint density at radius 1 is 1.24 bits per heavy atom. The molecule has 0 atom stereocenters. The maximum atomic E-state index is 10.6. The summed E-state index contributed by atoms with van der Waals surface area (Å²) in [5.41, 5.74) is 3.33. The summed E-state index contributed by atoms with van der Waals surface area (Å²) in [6.45, 7) is 8.45. The Hall–Kier alpha value is -1.94. The average molecular weight is 301 g/mol. The third kappa shape index (κ3) is 3.79. The molecule has 0 fully saturated rings. The fraction of sp³-hybridized carbons (Fsp3) is 0.294. The molecule has 0 bridgehead atoms. The first-order valence-corrected chi connectivity index (χ1v) is 7.58. The second-order valence-electron chi connectivity index (χ2n) is 5.97. The minimum atomic E-state index is -0.945. The Morgan fingerprint density at radius 3 is 2.38 bits per heavy atom. The number of hydrogen-bond acceptors (Lipinski definition) is 3. The molecule has 0 aliphatic carbocycles. The Kier molecular flexibility index (Phi) is 4.28. The molecule has 21 heavy (non-hydrogen) atoms. The third-order valence-electron chi connectivity index (χ3n) is 3.21. The lowest BCUT2D eigenvalue weighted by molar-refractivity contribution is -0.131. The predicted octanol–water partition coefficient (Wildman–Crippen LogP) is 4.51. The normalized spacial score (nSPS) is 12.0. The van der Waals surface area contributed by atoms with Crippen LogP contribution in [-0.4, -0.2) is 16.1 Å². The Bertz CT molecular complexity index is 676. The molecule has 1 heterocycles. The first kappa shape index (κ1) is 15.4. The van der Waals surface area contributed by atoms with Gasteiger partial charge in [-0.1, -0.05) is 45.0 Å². The van der Waals surface area contributed by atoms with E-state index < -0.39 is 5.97 Å². The lowest BCUT2D eigenvalue weighted by Crippen LogP contribution is -2.10. The highest BCUT2D eigenvalue weighted by molar-refractivity contribution is 7.16. The molecule has 0 aliphatic heterocycles. The van der Waals surface area contributed by atoms with Crippen LogP contribution in [0.25, 0.3) is 16.6 Å². The first-order valence-electron chi connectivity index (χ1n) is 6.77. The third-order valence-corrected chi connectivity index (χ3v) is 4.38. The largest absolute Gasteiger partial charge is 0.478 e. The van der Waals surface area contributed by atoms with Gasteiger partial charge in [-0.15, -0.1) is 11.3 Å². The number of rotatable bonds is 3. The molecule has 110 valence electrons. The second kappa shape index (κ2) is 5.82. The number of aliphatic carboxylic acids is 1. The summed E-state index contributed by atoms with van der Waals surface area (Å²) in [7, 11) is 0. The standard InChI is InChI=1S/C17H19NO2S/c1-11-14(9-10-15(19)20)21-16(18-11)12-5-7-13(8-6-12)17(2,3)4/h5-10H,1-4H3,(H,19,20)/b10-9+. The zero-order chi connectivity index (χ0) is 15.6. The summed E-state index contributed by atoms with van der Waals surface area (Å²) in [4.78, 5) is 16.0. The SMILES string of the molecule is Cc1nc(-c2ccc(C(C)(C)C)cc2)sc1/C=C/C(=O)O. The van der Waals surface area contributed by atoms with Gasteiger partial charge in [-0.05, 0) is 24.0 Å². The zero-order valence-electron chi connectivity index (χ0n) is 12.7. The number of aromatic nitrogens is 1. The number of thiazole rings is 1. The highest BCUT2D eigenvalue weighted by Crippen LogP contribution is 2.30. The van der Waals surface area contributed by atoms with Gasteiger partial charge in [0, 0.05) is 11.6 Å². The van der Waals surface area contributed by atoms with Crippen molar-refractivity contribution >= 4 is 23.4 Å². The molecule has 0 unspecified atom stereocenters. The van der Waals surface area contributed by atoms with Crippen LogP contribution in [0.2, 0.25) is 0 Å². The minimum Gasteiger partial charge on any atom is -0.478 e. The van der Waals surface area contributed by atoms with Gasteiger partial charge in [-0.2, -0.15) is 0 Å². The molecule has 0 saturated carbocycles. The van der Waals surface area contributed by atoms with E-state index in [1.54, 1.807) is 6.08 Å². The van der Waals surface area contributed by atoms with E-state index in [-0.39, 0.29) is 5.41 Å². The van der Waals surface area contributed by atoms with Gasteiger partial charge in [-0.3, -0.25) is 0 Å². The average Bonchev–Trinajstić information content (AvgIpc) is 2.77. The number of benzene rings is 1. The molecule has 2 aromatic rings. The van der Waals surface area contributed by atoms with Gasteiger partial charge >= 0.3 is 5.97 Å². The number of aryl methyl sites for hydroxylation is 1. The second-order valence-corrected chi connectivity index (χ2v) is 7.00. The molecular formula is C17H19NO2S. The summed E-state index contributed by atoms with van der Waals surface area (Å²) in [6, 6.07) is 8.39. The fourth-order valence-electron chi connectivity index (χ4n) is 1.95. The first-order chi connectivity index (χ1) is 9.77. The van der Waals surface area contributed by atoms with E-state index in [4.69, 9.17) is 5.11 Å². The fourth-order valence-corrected chi connectivity index (χ4v) is 2.92. The molecule has 1 aromatic heterocycles. The van der Waals surface area contributed by atoms with Crippen molar-refractivity contribution in [1.82, 2.24) is 4.98 Å². The van der Waals surface area contributed by atoms with E-state index in [2.05, 4.69) is 50.0 Å². The molecular weight excluding hydrogens is 282 g/mol. The van der Waals surface area contributed by atoms with Crippen molar-refractivity contribution in [2.24, 2.45) is 0 Å². The summed E-state index contributed by atoms with van der Waals surface area (Å²) >= 11 is 1.51. The topological polar surface area (TPSA) is 50.2 Å². The highest BCUT2D eigenvalue weighted by atomic mass is 32.1. The van der Waals surface area contributed by atoms with Crippen LogP contribution >= 0.6 is 11.3 Å². The van der Waals surface area contributed by atoms with Crippen LogP contribution in [0.15, 0.2) is 30.3 Å². The number of nitrogens with zero attached hydrogens (tertiary/aromatic N) is 1. The molecule has 3 nitrogen and oxygen atoms in total. The molecule has 2 rings (SSSR count).